The Morgan fingerprint density at radius 3 is 2.74 bits per heavy atom. The second-order valence-electron chi connectivity index (χ2n) is 5.84. The molecule has 3 rings (SSSR count). The Balaban J connectivity index is 1.56. The first-order chi connectivity index (χ1) is 13.1. The molecule has 0 bridgehead atoms. The fourth-order valence-electron chi connectivity index (χ4n) is 2.68. The maximum Gasteiger partial charge on any atom is 0.288 e. The summed E-state index contributed by atoms with van der Waals surface area (Å²) < 4.78 is 2.02. The number of amides is 1. The number of hydrogen-bond donors (Lipinski definition) is 1. The summed E-state index contributed by atoms with van der Waals surface area (Å²) in [5.74, 6) is 0.499. The van der Waals surface area contributed by atoms with E-state index in [1.165, 1.54) is 18.2 Å². The van der Waals surface area contributed by atoms with Crippen LogP contribution in [0.5, 0.6) is 0 Å². The standard InChI is InChI=1S/C19H17ClN4O3/c20-16-8-7-15(13-17(16)24(26)27)19(25)22-9-4-11-23-12-10-21-18(23)14-5-2-1-3-6-14/h1-3,5-8,10,12-13H,4,9,11H2,(H,22,25). The number of carbonyl (C=O) groups is 1. The lowest BCUT2D eigenvalue weighted by Crippen LogP contribution is -2.25. The predicted octanol–water partition coefficient (Wildman–Crippen LogP) is 3.93. The molecule has 7 nitrogen and oxygen atoms in total. The van der Waals surface area contributed by atoms with Crippen molar-refractivity contribution in [1.29, 1.82) is 0 Å². The minimum absolute atomic E-state index is 0.00472. The summed E-state index contributed by atoms with van der Waals surface area (Å²) in [7, 11) is 0. The first-order valence-corrected chi connectivity index (χ1v) is 8.73. The lowest BCUT2D eigenvalue weighted by atomic mass is 10.2. The summed E-state index contributed by atoms with van der Waals surface area (Å²) in [4.78, 5) is 26.9. The number of carbonyl (C=O) groups excluding carboxylic acids is 1. The van der Waals surface area contributed by atoms with Gasteiger partial charge in [-0.2, -0.15) is 0 Å². The second kappa shape index (κ2) is 8.46. The summed E-state index contributed by atoms with van der Waals surface area (Å²) in [6.07, 6.45) is 4.33. The molecule has 1 N–H and O–H groups in total. The molecule has 0 spiro atoms. The Morgan fingerprint density at radius 2 is 2.00 bits per heavy atom. The Labute approximate surface area is 160 Å². The number of halogens is 1. The topological polar surface area (TPSA) is 90.1 Å². The van der Waals surface area contributed by atoms with Crippen LogP contribution in [0.3, 0.4) is 0 Å². The van der Waals surface area contributed by atoms with E-state index in [-0.39, 0.29) is 22.2 Å². The number of rotatable bonds is 7. The normalized spacial score (nSPS) is 10.6. The second-order valence-corrected chi connectivity index (χ2v) is 6.25. The molecule has 0 saturated heterocycles. The molecule has 1 amide bonds. The highest BCUT2D eigenvalue weighted by atomic mass is 35.5. The van der Waals surface area contributed by atoms with Crippen LogP contribution in [0.4, 0.5) is 5.69 Å². The Morgan fingerprint density at radius 1 is 1.22 bits per heavy atom. The molecule has 0 saturated carbocycles. The van der Waals surface area contributed by atoms with Crippen molar-refractivity contribution in [3.05, 3.63) is 81.6 Å². The Kier molecular flexibility index (Phi) is 5.83. The van der Waals surface area contributed by atoms with Gasteiger partial charge in [0.05, 0.1) is 4.92 Å². The average molecular weight is 385 g/mol. The number of nitrogens with one attached hydrogen (secondary N) is 1. The zero-order valence-corrected chi connectivity index (χ0v) is 15.1. The number of aromatic nitrogens is 2. The van der Waals surface area contributed by atoms with Crippen LogP contribution in [0.2, 0.25) is 5.02 Å². The molecule has 0 fully saturated rings. The van der Waals surface area contributed by atoms with E-state index < -0.39 is 4.92 Å². The number of nitro benzene ring substituents is 1. The van der Waals surface area contributed by atoms with Gasteiger partial charge in [0.25, 0.3) is 11.6 Å². The quantitative estimate of drug-likeness (QED) is 0.379. The van der Waals surface area contributed by atoms with Crippen molar-refractivity contribution >= 4 is 23.2 Å². The van der Waals surface area contributed by atoms with Gasteiger partial charge in [0.15, 0.2) is 0 Å². The molecule has 0 aliphatic rings. The largest absolute Gasteiger partial charge is 0.352 e. The number of imidazole rings is 1. The van der Waals surface area contributed by atoms with Crippen LogP contribution in [0.25, 0.3) is 11.4 Å². The highest BCUT2D eigenvalue weighted by Crippen LogP contribution is 2.25. The van der Waals surface area contributed by atoms with E-state index in [1.807, 2.05) is 41.1 Å². The molecule has 1 aromatic heterocycles. The molecule has 3 aromatic rings. The van der Waals surface area contributed by atoms with E-state index in [2.05, 4.69) is 10.3 Å². The van der Waals surface area contributed by atoms with E-state index in [1.54, 1.807) is 6.20 Å². The smallest absolute Gasteiger partial charge is 0.288 e. The molecule has 0 unspecified atom stereocenters. The average Bonchev–Trinajstić information content (AvgIpc) is 3.14. The van der Waals surface area contributed by atoms with Crippen LogP contribution in [0.1, 0.15) is 16.8 Å². The van der Waals surface area contributed by atoms with Crippen molar-refractivity contribution in [1.82, 2.24) is 14.9 Å². The van der Waals surface area contributed by atoms with Gasteiger partial charge in [-0.3, -0.25) is 14.9 Å². The fourth-order valence-corrected chi connectivity index (χ4v) is 2.87. The van der Waals surface area contributed by atoms with Gasteiger partial charge in [-0.05, 0) is 18.6 Å². The summed E-state index contributed by atoms with van der Waals surface area (Å²) in [6, 6.07) is 13.9. The first kappa shape index (κ1) is 18.6. The van der Waals surface area contributed by atoms with Gasteiger partial charge in [0, 0.05) is 42.7 Å². The lowest BCUT2D eigenvalue weighted by Gasteiger charge is -2.09. The molecule has 1 heterocycles. The summed E-state index contributed by atoms with van der Waals surface area (Å²) >= 11 is 5.76. The highest BCUT2D eigenvalue weighted by molar-refractivity contribution is 6.32. The third-order valence-electron chi connectivity index (χ3n) is 4.01. The van der Waals surface area contributed by atoms with Gasteiger partial charge in [-0.25, -0.2) is 4.98 Å². The van der Waals surface area contributed by atoms with Gasteiger partial charge in [0.2, 0.25) is 0 Å². The molecule has 2 aromatic carbocycles. The van der Waals surface area contributed by atoms with E-state index in [4.69, 9.17) is 11.6 Å². The van der Waals surface area contributed by atoms with Crippen molar-refractivity contribution in [3.8, 4) is 11.4 Å². The number of aryl methyl sites for hydroxylation is 1. The van der Waals surface area contributed by atoms with Crippen molar-refractivity contribution in [2.24, 2.45) is 0 Å². The molecule has 0 radical (unpaired) electrons. The maximum absolute atomic E-state index is 12.2. The molecule has 27 heavy (non-hydrogen) atoms. The van der Waals surface area contributed by atoms with Crippen molar-refractivity contribution in [2.45, 2.75) is 13.0 Å². The first-order valence-electron chi connectivity index (χ1n) is 8.35. The number of hydrogen-bond acceptors (Lipinski definition) is 4. The number of benzene rings is 2. The SMILES string of the molecule is O=C(NCCCn1ccnc1-c1ccccc1)c1ccc(Cl)c([N+](=O)[O-])c1. The molecular formula is C19H17ClN4O3. The molecule has 0 aliphatic heterocycles. The van der Waals surface area contributed by atoms with Gasteiger partial charge >= 0.3 is 0 Å². The van der Waals surface area contributed by atoms with Crippen molar-refractivity contribution in [2.75, 3.05) is 6.54 Å². The van der Waals surface area contributed by atoms with Gasteiger partial charge in [-0.15, -0.1) is 0 Å². The van der Waals surface area contributed by atoms with Crippen LogP contribution < -0.4 is 5.32 Å². The highest BCUT2D eigenvalue weighted by Gasteiger charge is 2.16. The van der Waals surface area contributed by atoms with Crippen LogP contribution in [-0.4, -0.2) is 26.9 Å². The van der Waals surface area contributed by atoms with Crippen LogP contribution >= 0.6 is 11.6 Å². The van der Waals surface area contributed by atoms with E-state index in [0.29, 0.717) is 19.5 Å². The molecule has 0 atom stereocenters. The van der Waals surface area contributed by atoms with Gasteiger partial charge in [-0.1, -0.05) is 41.9 Å². The van der Waals surface area contributed by atoms with Crippen LogP contribution in [0.15, 0.2) is 60.9 Å². The third kappa shape index (κ3) is 4.51. The maximum atomic E-state index is 12.2. The lowest BCUT2D eigenvalue weighted by molar-refractivity contribution is -0.384. The summed E-state index contributed by atoms with van der Waals surface area (Å²) in [6.45, 7) is 1.12. The van der Waals surface area contributed by atoms with Gasteiger partial charge in [0.1, 0.15) is 10.8 Å². The monoisotopic (exact) mass is 384 g/mol. The molecule has 0 aliphatic carbocycles. The van der Waals surface area contributed by atoms with Crippen LogP contribution in [0, 0.1) is 10.1 Å². The van der Waals surface area contributed by atoms with Gasteiger partial charge < -0.3 is 9.88 Å². The van der Waals surface area contributed by atoms with E-state index in [0.717, 1.165) is 11.4 Å². The number of nitrogens with zero attached hydrogens (tertiary/aromatic N) is 3. The zero-order valence-electron chi connectivity index (χ0n) is 14.3. The van der Waals surface area contributed by atoms with Crippen molar-refractivity contribution in [3.63, 3.8) is 0 Å². The van der Waals surface area contributed by atoms with E-state index in [9.17, 15) is 14.9 Å². The fraction of sp³-hybridized carbons (Fsp3) is 0.158. The minimum Gasteiger partial charge on any atom is -0.352 e. The predicted molar refractivity (Wildman–Crippen MR) is 103 cm³/mol. The molecule has 8 heteroatoms. The van der Waals surface area contributed by atoms with E-state index >= 15 is 0 Å². The van der Waals surface area contributed by atoms with Crippen molar-refractivity contribution < 1.29 is 9.72 Å². The molecule has 138 valence electrons. The molecular weight excluding hydrogens is 368 g/mol. The third-order valence-corrected chi connectivity index (χ3v) is 4.33. The summed E-state index contributed by atoms with van der Waals surface area (Å²) in [5, 5.41) is 13.7. The Bertz CT molecular complexity index is 957. The Hall–Kier alpha value is -3.19. The summed E-state index contributed by atoms with van der Waals surface area (Å²) in [5.41, 5.74) is 0.953. The van der Waals surface area contributed by atoms with Crippen LogP contribution in [-0.2, 0) is 6.54 Å². The zero-order chi connectivity index (χ0) is 19.2. The number of nitro groups is 1. The minimum atomic E-state index is -0.608.